The standard InChI is InChI=1S/C15H30N2O2/c1-15(2,3)13(6-8-16)4-5-14(19)17-9-7-12(10-17)11-18/h12-13,18H,4-11,16H2,1-3H3. The molecule has 0 aromatic heterocycles. The normalized spacial score (nSPS) is 21.7. The van der Waals surface area contributed by atoms with Gasteiger partial charge >= 0.3 is 0 Å². The van der Waals surface area contributed by atoms with Gasteiger partial charge in [0.25, 0.3) is 0 Å². The molecule has 0 aromatic carbocycles. The Kier molecular flexibility index (Phi) is 6.27. The van der Waals surface area contributed by atoms with Crippen LogP contribution in [0.5, 0.6) is 0 Å². The number of aliphatic hydroxyl groups is 1. The van der Waals surface area contributed by atoms with Gasteiger partial charge in [0, 0.05) is 32.0 Å². The van der Waals surface area contributed by atoms with Crippen LogP contribution >= 0.6 is 0 Å². The van der Waals surface area contributed by atoms with Crippen LogP contribution in [0.4, 0.5) is 0 Å². The van der Waals surface area contributed by atoms with Crippen molar-refractivity contribution in [1.29, 1.82) is 0 Å². The van der Waals surface area contributed by atoms with E-state index in [2.05, 4.69) is 20.8 Å². The molecule has 1 aliphatic rings. The number of carbonyl (C=O) groups excluding carboxylic acids is 1. The summed E-state index contributed by atoms with van der Waals surface area (Å²) in [6.07, 6.45) is 3.45. The number of carbonyl (C=O) groups is 1. The van der Waals surface area contributed by atoms with E-state index < -0.39 is 0 Å². The minimum Gasteiger partial charge on any atom is -0.396 e. The van der Waals surface area contributed by atoms with Gasteiger partial charge in [0.05, 0.1) is 0 Å². The molecule has 1 amide bonds. The first-order valence-corrected chi connectivity index (χ1v) is 7.47. The summed E-state index contributed by atoms with van der Waals surface area (Å²) in [5, 5.41) is 9.11. The van der Waals surface area contributed by atoms with Crippen LogP contribution in [0.15, 0.2) is 0 Å². The van der Waals surface area contributed by atoms with Gasteiger partial charge in [0.15, 0.2) is 0 Å². The van der Waals surface area contributed by atoms with E-state index in [0.717, 1.165) is 32.4 Å². The lowest BCUT2D eigenvalue weighted by Crippen LogP contribution is -2.31. The number of amides is 1. The van der Waals surface area contributed by atoms with Crippen molar-refractivity contribution in [2.75, 3.05) is 26.2 Å². The van der Waals surface area contributed by atoms with Gasteiger partial charge in [-0.05, 0) is 37.1 Å². The molecule has 4 heteroatoms. The Morgan fingerprint density at radius 1 is 1.42 bits per heavy atom. The first-order chi connectivity index (χ1) is 8.88. The molecule has 19 heavy (non-hydrogen) atoms. The molecule has 112 valence electrons. The second-order valence-electron chi connectivity index (χ2n) is 6.86. The molecule has 2 atom stereocenters. The van der Waals surface area contributed by atoms with Crippen LogP contribution < -0.4 is 5.73 Å². The molecule has 0 aliphatic carbocycles. The van der Waals surface area contributed by atoms with E-state index in [9.17, 15) is 4.79 Å². The molecule has 0 spiro atoms. The fourth-order valence-corrected chi connectivity index (χ4v) is 2.88. The zero-order chi connectivity index (χ0) is 14.5. The van der Waals surface area contributed by atoms with Gasteiger partial charge in [0.2, 0.25) is 5.91 Å². The Morgan fingerprint density at radius 2 is 2.11 bits per heavy atom. The largest absolute Gasteiger partial charge is 0.396 e. The van der Waals surface area contributed by atoms with E-state index in [4.69, 9.17) is 10.8 Å². The fourth-order valence-electron chi connectivity index (χ4n) is 2.88. The van der Waals surface area contributed by atoms with Gasteiger partial charge in [0.1, 0.15) is 0 Å². The van der Waals surface area contributed by atoms with Gasteiger partial charge in [-0.15, -0.1) is 0 Å². The zero-order valence-electron chi connectivity index (χ0n) is 12.7. The molecule has 2 unspecified atom stereocenters. The summed E-state index contributed by atoms with van der Waals surface area (Å²) in [5.41, 5.74) is 5.87. The summed E-state index contributed by atoms with van der Waals surface area (Å²) in [5.74, 6) is 1.02. The first-order valence-electron chi connectivity index (χ1n) is 7.47. The molecule has 1 rings (SSSR count). The number of nitrogens with zero attached hydrogens (tertiary/aromatic N) is 1. The molecule has 0 aromatic rings. The van der Waals surface area contributed by atoms with Crippen LogP contribution in [0.1, 0.15) is 46.5 Å². The van der Waals surface area contributed by atoms with Crippen molar-refractivity contribution in [3.05, 3.63) is 0 Å². The Labute approximate surface area is 117 Å². The van der Waals surface area contributed by atoms with Crippen molar-refractivity contribution in [2.45, 2.75) is 46.5 Å². The van der Waals surface area contributed by atoms with Gasteiger partial charge in [-0.3, -0.25) is 4.79 Å². The average molecular weight is 270 g/mol. The number of rotatable bonds is 6. The first kappa shape index (κ1) is 16.4. The second-order valence-corrected chi connectivity index (χ2v) is 6.86. The van der Waals surface area contributed by atoms with Crippen molar-refractivity contribution >= 4 is 5.91 Å². The third kappa shape index (κ3) is 5.11. The van der Waals surface area contributed by atoms with E-state index in [1.54, 1.807) is 0 Å². The minimum absolute atomic E-state index is 0.196. The second kappa shape index (κ2) is 7.25. The SMILES string of the molecule is CC(C)(C)C(CCN)CCC(=O)N1CCC(CO)C1. The number of likely N-dealkylation sites (tertiary alicyclic amines) is 1. The van der Waals surface area contributed by atoms with Crippen molar-refractivity contribution < 1.29 is 9.90 Å². The maximum Gasteiger partial charge on any atom is 0.222 e. The highest BCUT2D eigenvalue weighted by atomic mass is 16.3. The maximum atomic E-state index is 12.2. The van der Waals surface area contributed by atoms with E-state index in [0.29, 0.717) is 18.9 Å². The molecule has 1 fully saturated rings. The summed E-state index contributed by atoms with van der Waals surface area (Å²) in [6, 6.07) is 0. The lowest BCUT2D eigenvalue weighted by Gasteiger charge is -2.31. The molecule has 4 nitrogen and oxygen atoms in total. The monoisotopic (exact) mass is 270 g/mol. The van der Waals surface area contributed by atoms with Crippen molar-refractivity contribution in [1.82, 2.24) is 4.90 Å². The summed E-state index contributed by atoms with van der Waals surface area (Å²) in [7, 11) is 0. The summed E-state index contributed by atoms with van der Waals surface area (Å²) >= 11 is 0. The zero-order valence-corrected chi connectivity index (χ0v) is 12.7. The summed E-state index contributed by atoms with van der Waals surface area (Å²) in [6.45, 7) is 9.07. The minimum atomic E-state index is 0.196. The van der Waals surface area contributed by atoms with Gasteiger partial charge < -0.3 is 15.7 Å². The number of hydrogen-bond acceptors (Lipinski definition) is 3. The quantitative estimate of drug-likeness (QED) is 0.770. The molecular weight excluding hydrogens is 240 g/mol. The predicted octanol–water partition coefficient (Wildman–Crippen LogP) is 1.62. The fraction of sp³-hybridized carbons (Fsp3) is 0.933. The molecule has 0 bridgehead atoms. The highest BCUT2D eigenvalue weighted by molar-refractivity contribution is 5.76. The van der Waals surface area contributed by atoms with Gasteiger partial charge in [-0.2, -0.15) is 0 Å². The molecule has 0 radical (unpaired) electrons. The van der Waals surface area contributed by atoms with Crippen LogP contribution in [0.2, 0.25) is 0 Å². The lowest BCUT2D eigenvalue weighted by atomic mass is 9.76. The Morgan fingerprint density at radius 3 is 2.58 bits per heavy atom. The summed E-state index contributed by atoms with van der Waals surface area (Å²) in [4.78, 5) is 14.1. The van der Waals surface area contributed by atoms with Crippen molar-refractivity contribution in [3.63, 3.8) is 0 Å². The number of hydrogen-bond donors (Lipinski definition) is 2. The average Bonchev–Trinajstić information content (AvgIpc) is 2.81. The van der Waals surface area contributed by atoms with Gasteiger partial charge in [-0.25, -0.2) is 0 Å². The molecular formula is C15H30N2O2. The van der Waals surface area contributed by atoms with Crippen LogP contribution in [0.25, 0.3) is 0 Å². The van der Waals surface area contributed by atoms with Gasteiger partial charge in [-0.1, -0.05) is 20.8 Å². The Hall–Kier alpha value is -0.610. The van der Waals surface area contributed by atoms with Crippen molar-refractivity contribution in [3.8, 4) is 0 Å². The maximum absolute atomic E-state index is 12.2. The van der Waals surface area contributed by atoms with E-state index in [1.165, 1.54) is 0 Å². The van der Waals surface area contributed by atoms with Crippen LogP contribution in [0, 0.1) is 17.3 Å². The van der Waals surface area contributed by atoms with Crippen LogP contribution in [0.3, 0.4) is 0 Å². The Bertz CT molecular complexity index is 286. The van der Waals surface area contributed by atoms with Crippen LogP contribution in [-0.4, -0.2) is 42.2 Å². The molecule has 3 N–H and O–H groups in total. The van der Waals surface area contributed by atoms with Crippen LogP contribution in [-0.2, 0) is 4.79 Å². The third-order valence-corrected chi connectivity index (χ3v) is 4.34. The highest BCUT2D eigenvalue weighted by Crippen LogP contribution is 2.32. The van der Waals surface area contributed by atoms with Crippen molar-refractivity contribution in [2.24, 2.45) is 23.0 Å². The van der Waals surface area contributed by atoms with E-state index in [-0.39, 0.29) is 23.8 Å². The highest BCUT2D eigenvalue weighted by Gasteiger charge is 2.28. The number of aliphatic hydroxyl groups excluding tert-OH is 1. The third-order valence-electron chi connectivity index (χ3n) is 4.34. The summed E-state index contributed by atoms with van der Waals surface area (Å²) < 4.78 is 0. The Balaban J connectivity index is 2.40. The molecule has 1 aliphatic heterocycles. The number of nitrogens with two attached hydrogens (primary N) is 1. The van der Waals surface area contributed by atoms with E-state index >= 15 is 0 Å². The molecule has 1 heterocycles. The topological polar surface area (TPSA) is 66.6 Å². The molecule has 1 saturated heterocycles. The van der Waals surface area contributed by atoms with E-state index in [1.807, 2.05) is 4.90 Å². The lowest BCUT2D eigenvalue weighted by molar-refractivity contribution is -0.130. The predicted molar refractivity (Wildman–Crippen MR) is 77.6 cm³/mol. The smallest absolute Gasteiger partial charge is 0.222 e. The molecule has 0 saturated carbocycles.